The van der Waals surface area contributed by atoms with Crippen LogP contribution in [0.25, 0.3) is 6.08 Å². The maximum absolute atomic E-state index is 13.4. The van der Waals surface area contributed by atoms with Crippen LogP contribution in [0.15, 0.2) is 40.0 Å². The summed E-state index contributed by atoms with van der Waals surface area (Å²) in [5.74, 6) is 0.674. The summed E-state index contributed by atoms with van der Waals surface area (Å²) in [6.45, 7) is 11.3. The second-order valence-corrected chi connectivity index (χ2v) is 11.0. The van der Waals surface area contributed by atoms with Crippen LogP contribution in [0, 0.1) is 18.3 Å². The maximum Gasteiger partial charge on any atom is 0.270 e. The van der Waals surface area contributed by atoms with E-state index in [9.17, 15) is 14.9 Å². The predicted octanol–water partition coefficient (Wildman–Crippen LogP) is 4.02. The number of nitrogens with zero attached hydrogens (tertiary/aromatic N) is 5. The zero-order chi connectivity index (χ0) is 26.5. The van der Waals surface area contributed by atoms with Crippen molar-refractivity contribution in [2.45, 2.75) is 40.2 Å². The summed E-state index contributed by atoms with van der Waals surface area (Å²) in [5.41, 5.74) is 2.40. The average Bonchev–Trinajstić information content (AvgIpc) is 3.18. The summed E-state index contributed by atoms with van der Waals surface area (Å²) in [6.07, 6.45) is 3.33. The van der Waals surface area contributed by atoms with Crippen molar-refractivity contribution in [3.05, 3.63) is 67.8 Å². The number of benzene rings is 1. The van der Waals surface area contributed by atoms with Gasteiger partial charge in [-0.05, 0) is 43.5 Å². The third-order valence-electron chi connectivity index (χ3n) is 7.03. The maximum atomic E-state index is 13.4. The van der Waals surface area contributed by atoms with E-state index in [1.54, 1.807) is 9.47 Å². The second-order valence-electron chi connectivity index (χ2n) is 9.30. The summed E-state index contributed by atoms with van der Waals surface area (Å²) in [6, 6.07) is 12.2. The summed E-state index contributed by atoms with van der Waals surface area (Å²) in [5, 5.41) is 9.85. The first-order chi connectivity index (χ1) is 17.9. The quantitative estimate of drug-likeness (QED) is 0.373. The van der Waals surface area contributed by atoms with Crippen molar-refractivity contribution >= 4 is 46.1 Å². The van der Waals surface area contributed by atoms with Gasteiger partial charge in [-0.3, -0.25) is 19.1 Å². The van der Waals surface area contributed by atoms with Crippen LogP contribution in [-0.4, -0.2) is 63.9 Å². The Morgan fingerprint density at radius 3 is 2.41 bits per heavy atom. The van der Waals surface area contributed by atoms with Gasteiger partial charge in [0.05, 0.1) is 4.91 Å². The molecule has 4 rings (SSSR count). The van der Waals surface area contributed by atoms with Gasteiger partial charge in [-0.15, -0.1) is 0 Å². The fourth-order valence-corrected chi connectivity index (χ4v) is 6.19. The fourth-order valence-electron chi connectivity index (χ4n) is 4.90. The lowest BCUT2D eigenvalue weighted by Crippen LogP contribution is -2.48. The lowest BCUT2D eigenvalue weighted by Gasteiger charge is -2.37. The van der Waals surface area contributed by atoms with E-state index in [4.69, 9.17) is 12.2 Å². The van der Waals surface area contributed by atoms with Gasteiger partial charge in [-0.2, -0.15) is 5.26 Å². The molecule has 1 aromatic heterocycles. The molecular weight excluding hydrogens is 502 g/mol. The predicted molar refractivity (Wildman–Crippen MR) is 155 cm³/mol. The number of hydrogen-bond donors (Lipinski definition) is 0. The standard InChI is InChI=1S/C28H33N5O2S2/c1-4-12-32-25(31-16-14-30(5-2)15-17-31)22(20(3)23(19-29)26(32)34)18-24-27(35)33(28(36)37-24)13-11-21-9-7-6-8-10-21/h6-10,18H,4-5,11-17H2,1-3H3/b24-18-. The van der Waals surface area contributed by atoms with Crippen molar-refractivity contribution in [3.8, 4) is 6.07 Å². The minimum absolute atomic E-state index is 0.126. The summed E-state index contributed by atoms with van der Waals surface area (Å²) in [4.78, 5) is 33.6. The number of thioether (sulfide) groups is 1. The Morgan fingerprint density at radius 2 is 1.78 bits per heavy atom. The molecule has 2 aliphatic rings. The SMILES string of the molecule is CCCn1c(N2CCN(CC)CC2)c(/C=C2\SC(=S)N(CCc3ccccc3)C2=O)c(C)c(C#N)c1=O. The Bertz CT molecular complexity index is 1300. The average molecular weight is 536 g/mol. The van der Waals surface area contributed by atoms with Crippen molar-refractivity contribution < 1.29 is 4.79 Å². The highest BCUT2D eigenvalue weighted by molar-refractivity contribution is 8.26. The molecule has 2 aliphatic heterocycles. The van der Waals surface area contributed by atoms with Gasteiger partial charge in [0.15, 0.2) is 0 Å². The molecule has 2 aromatic rings. The Morgan fingerprint density at radius 1 is 1.08 bits per heavy atom. The number of anilines is 1. The fraction of sp³-hybridized carbons (Fsp3) is 0.429. The number of rotatable bonds is 8. The zero-order valence-electron chi connectivity index (χ0n) is 21.7. The van der Waals surface area contributed by atoms with E-state index in [0.717, 1.165) is 56.1 Å². The van der Waals surface area contributed by atoms with Gasteiger partial charge in [0, 0.05) is 44.8 Å². The largest absolute Gasteiger partial charge is 0.355 e. The van der Waals surface area contributed by atoms with Crippen molar-refractivity contribution in [1.82, 2.24) is 14.4 Å². The molecule has 7 nitrogen and oxygen atoms in total. The van der Waals surface area contributed by atoms with E-state index in [1.165, 1.54) is 11.8 Å². The molecule has 3 heterocycles. The van der Waals surface area contributed by atoms with Crippen LogP contribution in [0.3, 0.4) is 0 Å². The van der Waals surface area contributed by atoms with E-state index >= 15 is 0 Å². The number of likely N-dealkylation sites (N-methyl/N-ethyl adjacent to an activating group) is 1. The van der Waals surface area contributed by atoms with Gasteiger partial charge >= 0.3 is 0 Å². The lowest BCUT2D eigenvalue weighted by atomic mass is 10.0. The van der Waals surface area contributed by atoms with Gasteiger partial charge in [0.1, 0.15) is 21.8 Å². The summed E-state index contributed by atoms with van der Waals surface area (Å²) < 4.78 is 2.26. The summed E-state index contributed by atoms with van der Waals surface area (Å²) in [7, 11) is 0. The first-order valence-electron chi connectivity index (χ1n) is 12.8. The number of carbonyl (C=O) groups is 1. The molecule has 9 heteroatoms. The molecule has 0 atom stereocenters. The molecule has 37 heavy (non-hydrogen) atoms. The van der Waals surface area contributed by atoms with Crippen molar-refractivity contribution in [1.29, 1.82) is 5.26 Å². The smallest absolute Gasteiger partial charge is 0.270 e. The van der Waals surface area contributed by atoms with Crippen LogP contribution in [0.1, 0.15) is 42.5 Å². The normalized spacial score (nSPS) is 17.6. The summed E-state index contributed by atoms with van der Waals surface area (Å²) >= 11 is 6.87. The second kappa shape index (κ2) is 12.1. The Balaban J connectivity index is 1.74. The minimum atomic E-state index is -0.262. The molecule has 0 N–H and O–H groups in total. The number of piperazine rings is 1. The number of thiocarbonyl (C=S) groups is 1. The molecule has 0 saturated carbocycles. The van der Waals surface area contributed by atoms with E-state index in [0.29, 0.717) is 34.3 Å². The van der Waals surface area contributed by atoms with Gasteiger partial charge in [-0.1, -0.05) is 68.2 Å². The van der Waals surface area contributed by atoms with Crippen molar-refractivity contribution in [3.63, 3.8) is 0 Å². The minimum Gasteiger partial charge on any atom is -0.355 e. The van der Waals surface area contributed by atoms with Crippen LogP contribution in [-0.2, 0) is 17.8 Å². The van der Waals surface area contributed by atoms with Crippen LogP contribution >= 0.6 is 24.0 Å². The van der Waals surface area contributed by atoms with E-state index < -0.39 is 0 Å². The molecule has 0 radical (unpaired) electrons. The van der Waals surface area contributed by atoms with Crippen molar-refractivity contribution in [2.75, 3.05) is 44.2 Å². The van der Waals surface area contributed by atoms with E-state index in [-0.39, 0.29) is 17.0 Å². The molecule has 0 unspecified atom stereocenters. The Hall–Kier alpha value is -2.93. The zero-order valence-corrected chi connectivity index (χ0v) is 23.3. The molecule has 2 saturated heterocycles. The van der Waals surface area contributed by atoms with Gasteiger partial charge in [0.2, 0.25) is 0 Å². The number of pyridine rings is 1. The highest BCUT2D eigenvalue weighted by Gasteiger charge is 2.33. The number of carbonyl (C=O) groups excluding carboxylic acids is 1. The molecule has 194 valence electrons. The molecular formula is C28H33N5O2S2. The third-order valence-corrected chi connectivity index (χ3v) is 8.41. The molecule has 1 amide bonds. The monoisotopic (exact) mass is 535 g/mol. The molecule has 0 aliphatic carbocycles. The van der Waals surface area contributed by atoms with E-state index in [1.807, 2.05) is 50.3 Å². The van der Waals surface area contributed by atoms with Crippen molar-refractivity contribution in [2.24, 2.45) is 0 Å². The molecule has 0 spiro atoms. The molecule has 0 bridgehead atoms. The highest BCUT2D eigenvalue weighted by Crippen LogP contribution is 2.36. The number of nitriles is 1. The molecule has 1 aromatic carbocycles. The number of hydrogen-bond acceptors (Lipinski definition) is 7. The highest BCUT2D eigenvalue weighted by atomic mass is 32.2. The Labute approximate surface area is 228 Å². The first kappa shape index (κ1) is 27.1. The van der Waals surface area contributed by atoms with Crippen LogP contribution < -0.4 is 10.5 Å². The molecule has 2 fully saturated rings. The number of amides is 1. The van der Waals surface area contributed by atoms with Crippen LogP contribution in [0.5, 0.6) is 0 Å². The van der Waals surface area contributed by atoms with Gasteiger partial charge in [-0.25, -0.2) is 0 Å². The first-order valence-corrected chi connectivity index (χ1v) is 14.1. The Kier molecular flexibility index (Phi) is 8.85. The lowest BCUT2D eigenvalue weighted by molar-refractivity contribution is -0.122. The van der Waals surface area contributed by atoms with Crippen LogP contribution in [0.2, 0.25) is 0 Å². The van der Waals surface area contributed by atoms with E-state index in [2.05, 4.69) is 22.8 Å². The number of aromatic nitrogens is 1. The third kappa shape index (κ3) is 5.66. The van der Waals surface area contributed by atoms with Gasteiger partial charge < -0.3 is 9.80 Å². The van der Waals surface area contributed by atoms with Gasteiger partial charge in [0.25, 0.3) is 11.5 Å². The van der Waals surface area contributed by atoms with Crippen LogP contribution in [0.4, 0.5) is 5.82 Å². The topological polar surface area (TPSA) is 72.6 Å².